The summed E-state index contributed by atoms with van der Waals surface area (Å²) >= 11 is 0. The molecule has 5 nitrogen and oxygen atoms in total. The highest BCUT2D eigenvalue weighted by molar-refractivity contribution is 6.22. The standard InChI is InChI=1S/C21H27NO4/c1-3-26-20(24)18-15(2)22(17-12-8-5-9-13-17)21(25,19(18)23)14-16-10-6-4-7-11-16/h4,6-7,10-11,17,25H,3,5,8-9,12-14H2,1-2H3. The van der Waals surface area contributed by atoms with Gasteiger partial charge in [-0.2, -0.15) is 0 Å². The molecule has 0 bridgehead atoms. The summed E-state index contributed by atoms with van der Waals surface area (Å²) in [5, 5.41) is 11.5. The van der Waals surface area contributed by atoms with Crippen LogP contribution in [0, 0.1) is 0 Å². The van der Waals surface area contributed by atoms with Crippen molar-refractivity contribution in [2.45, 2.75) is 64.1 Å². The van der Waals surface area contributed by atoms with Gasteiger partial charge in [0.25, 0.3) is 0 Å². The predicted octanol–water partition coefficient (Wildman–Crippen LogP) is 2.97. The van der Waals surface area contributed by atoms with Gasteiger partial charge in [0.15, 0.2) is 0 Å². The minimum atomic E-state index is -1.73. The number of carbonyl (C=O) groups excluding carboxylic acids is 2. The number of hydrogen-bond donors (Lipinski definition) is 1. The van der Waals surface area contributed by atoms with E-state index in [0.29, 0.717) is 5.70 Å². The molecule has 0 saturated heterocycles. The lowest BCUT2D eigenvalue weighted by Crippen LogP contribution is -2.55. The first-order valence-electron chi connectivity index (χ1n) is 9.47. The molecule has 1 atom stereocenters. The van der Waals surface area contributed by atoms with Crippen molar-refractivity contribution < 1.29 is 19.4 Å². The maximum Gasteiger partial charge on any atom is 0.343 e. The fraction of sp³-hybridized carbons (Fsp3) is 0.524. The van der Waals surface area contributed by atoms with Gasteiger partial charge in [0.1, 0.15) is 5.57 Å². The summed E-state index contributed by atoms with van der Waals surface area (Å²) in [5.41, 5.74) is -0.327. The van der Waals surface area contributed by atoms with E-state index in [9.17, 15) is 14.7 Å². The Balaban J connectivity index is 2.00. The van der Waals surface area contributed by atoms with Crippen molar-refractivity contribution in [2.24, 2.45) is 0 Å². The first kappa shape index (κ1) is 18.6. The van der Waals surface area contributed by atoms with Gasteiger partial charge in [-0.25, -0.2) is 4.79 Å². The van der Waals surface area contributed by atoms with Gasteiger partial charge >= 0.3 is 5.97 Å². The van der Waals surface area contributed by atoms with Crippen molar-refractivity contribution in [1.82, 2.24) is 4.90 Å². The molecule has 3 rings (SSSR count). The average Bonchev–Trinajstić information content (AvgIpc) is 2.82. The van der Waals surface area contributed by atoms with Crippen LogP contribution in [0.1, 0.15) is 51.5 Å². The zero-order chi connectivity index (χ0) is 18.7. The number of aliphatic hydroxyl groups is 1. The molecule has 1 saturated carbocycles. The summed E-state index contributed by atoms with van der Waals surface area (Å²) in [5.74, 6) is -1.18. The van der Waals surface area contributed by atoms with E-state index >= 15 is 0 Å². The summed E-state index contributed by atoms with van der Waals surface area (Å²) in [6.07, 6.45) is 5.29. The van der Waals surface area contributed by atoms with Gasteiger partial charge in [-0.3, -0.25) is 4.79 Å². The highest BCUT2D eigenvalue weighted by Gasteiger charge is 2.54. The van der Waals surface area contributed by atoms with E-state index < -0.39 is 17.5 Å². The molecular formula is C21H27NO4. The minimum Gasteiger partial charge on any atom is -0.462 e. The van der Waals surface area contributed by atoms with Crippen molar-refractivity contribution in [3.8, 4) is 0 Å². The van der Waals surface area contributed by atoms with Gasteiger partial charge in [0.05, 0.1) is 6.61 Å². The first-order valence-corrected chi connectivity index (χ1v) is 9.47. The highest BCUT2D eigenvalue weighted by Crippen LogP contribution is 2.40. The molecule has 26 heavy (non-hydrogen) atoms. The lowest BCUT2D eigenvalue weighted by Gasteiger charge is -2.42. The smallest absolute Gasteiger partial charge is 0.343 e. The third-order valence-electron chi connectivity index (χ3n) is 5.43. The number of rotatable bonds is 5. The van der Waals surface area contributed by atoms with Crippen molar-refractivity contribution in [2.75, 3.05) is 6.61 Å². The quantitative estimate of drug-likeness (QED) is 0.648. The fourth-order valence-electron chi connectivity index (χ4n) is 4.28. The van der Waals surface area contributed by atoms with Crippen LogP contribution in [0.3, 0.4) is 0 Å². The molecular weight excluding hydrogens is 330 g/mol. The molecule has 1 aliphatic heterocycles. The molecule has 1 N–H and O–H groups in total. The molecule has 1 aromatic carbocycles. The van der Waals surface area contributed by atoms with Crippen LogP contribution in [-0.2, 0) is 20.7 Å². The Morgan fingerprint density at radius 1 is 1.23 bits per heavy atom. The summed E-state index contributed by atoms with van der Waals surface area (Å²) in [6.45, 7) is 3.66. The average molecular weight is 357 g/mol. The van der Waals surface area contributed by atoms with Crippen molar-refractivity contribution in [3.05, 3.63) is 47.2 Å². The molecule has 1 aliphatic carbocycles. The second-order valence-corrected chi connectivity index (χ2v) is 7.15. The van der Waals surface area contributed by atoms with Crippen molar-refractivity contribution in [3.63, 3.8) is 0 Å². The number of hydrogen-bond acceptors (Lipinski definition) is 5. The molecule has 0 spiro atoms. The number of ketones is 1. The van der Waals surface area contributed by atoms with Crippen LogP contribution in [-0.4, -0.2) is 40.1 Å². The summed E-state index contributed by atoms with van der Waals surface area (Å²) in [4.78, 5) is 27.4. The van der Waals surface area contributed by atoms with Gasteiger partial charge < -0.3 is 14.7 Å². The molecule has 0 radical (unpaired) electrons. The molecule has 140 valence electrons. The van der Waals surface area contributed by atoms with Crippen molar-refractivity contribution >= 4 is 11.8 Å². The number of benzene rings is 1. The summed E-state index contributed by atoms with van der Waals surface area (Å²) < 4.78 is 5.09. The zero-order valence-corrected chi connectivity index (χ0v) is 15.5. The largest absolute Gasteiger partial charge is 0.462 e. The topological polar surface area (TPSA) is 66.8 Å². The second kappa shape index (κ2) is 7.62. The molecule has 1 unspecified atom stereocenters. The third-order valence-corrected chi connectivity index (χ3v) is 5.43. The normalized spacial score (nSPS) is 24.3. The molecule has 5 heteroatoms. The van der Waals surface area contributed by atoms with E-state index in [-0.39, 0.29) is 24.6 Å². The molecule has 0 aromatic heterocycles. The minimum absolute atomic E-state index is 0.00384. The fourth-order valence-corrected chi connectivity index (χ4v) is 4.28. The Morgan fingerprint density at radius 3 is 2.50 bits per heavy atom. The number of ether oxygens (including phenoxy) is 1. The van der Waals surface area contributed by atoms with Crippen LogP contribution < -0.4 is 0 Å². The molecule has 1 fully saturated rings. The van der Waals surface area contributed by atoms with Crippen LogP contribution >= 0.6 is 0 Å². The van der Waals surface area contributed by atoms with Crippen LogP contribution in [0.2, 0.25) is 0 Å². The highest BCUT2D eigenvalue weighted by atomic mass is 16.5. The zero-order valence-electron chi connectivity index (χ0n) is 15.5. The van der Waals surface area contributed by atoms with E-state index in [2.05, 4.69) is 0 Å². The Kier molecular flexibility index (Phi) is 5.47. The number of carbonyl (C=O) groups is 2. The van der Waals surface area contributed by atoms with Crippen LogP contribution in [0.4, 0.5) is 0 Å². The number of nitrogens with zero attached hydrogens (tertiary/aromatic N) is 1. The Hall–Kier alpha value is -2.14. The lowest BCUT2D eigenvalue weighted by atomic mass is 9.90. The van der Waals surface area contributed by atoms with Gasteiger partial charge in [-0.1, -0.05) is 49.6 Å². The SMILES string of the molecule is CCOC(=O)C1=C(C)N(C2CCCCC2)C(O)(Cc2ccccc2)C1=O. The monoisotopic (exact) mass is 357 g/mol. The predicted molar refractivity (Wildman–Crippen MR) is 98.1 cm³/mol. The van der Waals surface area contributed by atoms with E-state index in [1.807, 2.05) is 30.3 Å². The first-order chi connectivity index (χ1) is 12.5. The third kappa shape index (κ3) is 3.28. The Bertz CT molecular complexity index is 706. The van der Waals surface area contributed by atoms with Crippen molar-refractivity contribution in [1.29, 1.82) is 0 Å². The van der Waals surface area contributed by atoms with Gasteiger partial charge in [-0.05, 0) is 32.3 Å². The summed E-state index contributed by atoms with van der Waals surface area (Å²) in [6, 6.07) is 9.51. The van der Waals surface area contributed by atoms with E-state index in [1.54, 1.807) is 18.7 Å². The Labute approximate surface area is 154 Å². The number of Topliss-reactive ketones (excluding diaryl/α,β-unsaturated/α-hetero) is 1. The molecule has 1 heterocycles. The number of allylic oxidation sites excluding steroid dienone is 1. The van der Waals surface area contributed by atoms with E-state index in [0.717, 1.165) is 31.2 Å². The van der Waals surface area contributed by atoms with Crippen LogP contribution in [0.25, 0.3) is 0 Å². The summed E-state index contributed by atoms with van der Waals surface area (Å²) in [7, 11) is 0. The van der Waals surface area contributed by atoms with Gasteiger partial charge in [0.2, 0.25) is 11.5 Å². The van der Waals surface area contributed by atoms with Gasteiger partial charge in [-0.15, -0.1) is 0 Å². The number of esters is 1. The van der Waals surface area contributed by atoms with Gasteiger partial charge in [0, 0.05) is 18.2 Å². The van der Waals surface area contributed by atoms with E-state index in [4.69, 9.17) is 4.74 Å². The Morgan fingerprint density at radius 2 is 1.88 bits per heavy atom. The second-order valence-electron chi connectivity index (χ2n) is 7.15. The van der Waals surface area contributed by atoms with Crippen LogP contribution in [0.15, 0.2) is 41.6 Å². The molecule has 0 amide bonds. The van der Waals surface area contributed by atoms with E-state index in [1.165, 1.54) is 6.42 Å². The maximum absolute atomic E-state index is 13.2. The maximum atomic E-state index is 13.2. The van der Waals surface area contributed by atoms with Crippen LogP contribution in [0.5, 0.6) is 0 Å². The molecule has 2 aliphatic rings. The molecule has 1 aromatic rings. The lowest BCUT2D eigenvalue weighted by molar-refractivity contribution is -0.154.